The Hall–Kier alpha value is -13.4. The van der Waals surface area contributed by atoms with Crippen molar-refractivity contribution in [1.29, 1.82) is 0 Å². The molecule has 16 aromatic rings. The molecule has 0 spiro atoms. The lowest BCUT2D eigenvalue weighted by atomic mass is 9.88. The van der Waals surface area contributed by atoms with Crippen molar-refractivity contribution in [3.05, 3.63) is 283 Å². The maximum atomic E-state index is 15.4. The van der Waals surface area contributed by atoms with E-state index in [1.54, 1.807) is 108 Å². The fourth-order valence-electron chi connectivity index (χ4n) is 19.4. The zero-order chi connectivity index (χ0) is 96.5. The quantitative estimate of drug-likeness (QED) is 0.0285. The Kier molecular flexibility index (Phi) is 28.5. The van der Waals surface area contributed by atoms with Gasteiger partial charge in [-0.3, -0.25) is 39.5 Å². The van der Waals surface area contributed by atoms with E-state index in [9.17, 15) is 49.1 Å². The molecule has 137 heavy (non-hydrogen) atoms. The highest BCUT2D eigenvalue weighted by molar-refractivity contribution is 6.33. The van der Waals surface area contributed by atoms with Gasteiger partial charge in [-0.2, -0.15) is 0 Å². The van der Waals surface area contributed by atoms with Crippen molar-refractivity contribution in [3.63, 3.8) is 0 Å². The Morgan fingerprint density at radius 1 is 0.380 bits per heavy atom. The lowest BCUT2D eigenvalue weighted by Crippen LogP contribution is -2.46. The number of carboxylic acid groups (broad SMARTS) is 1. The van der Waals surface area contributed by atoms with Crippen LogP contribution in [-0.2, 0) is 14.2 Å². The number of halogens is 6. The number of aromatic carboxylic acids is 1. The van der Waals surface area contributed by atoms with Gasteiger partial charge in [0.1, 0.15) is 104 Å². The number of phenolic OH excluding ortho intramolecular Hbond substituents is 4. The SMILES string of the molecule is CCOC(=O)c1coc2c1c(C(c1ccncc1)N1CCN(C)CC1)c(O)c1c(F)c(Cl)ccc12.CCOC(=O)c1coc2c1c(C(c1ccncc1)N1CCN(C)CC1)c(O)c1c(F)cccc12.CCOC(=O)c1coc2c1c(C(c1ccncc1)N1CCN(C)CC1)c(O)c1cc(F)ccc12.Cc1oc2c(c1C(=O)O)c(C(c1ccncc1)N1CCN(C)CC1)c(O)c1c(F)c(Cl)ccc12. The predicted octanol–water partition coefficient (Wildman–Crippen LogP) is 18.5. The second kappa shape index (κ2) is 40.9. The molecule has 0 radical (unpaired) electrons. The minimum absolute atomic E-state index is 0.0436. The number of aryl methyl sites for hydroxylation is 1. The number of benzene rings is 8. The normalized spacial score (nSPS) is 16.2. The molecule has 0 amide bonds. The fourth-order valence-corrected chi connectivity index (χ4v) is 19.7. The van der Waals surface area contributed by atoms with Gasteiger partial charge in [-0.05, 0) is 175 Å². The number of pyridine rings is 4. The first-order valence-corrected chi connectivity index (χ1v) is 45.8. The topological polar surface area (TPSA) is 327 Å². The summed E-state index contributed by atoms with van der Waals surface area (Å²) >= 11 is 12.2. The standard InChI is InChI=1S/C26H25ClFN3O4.2C26H26FN3O4.C25H23ClFN3O4/c1-3-34-26(33)17-14-35-25-16-4-5-18(27)22(28)20(16)24(32)21(19(17)25)23(15-6-8-29-9-7-15)31-12-10-30(2)11-13-31;1-3-33-26(32)20-15-34-25-18-5-4-17(27)14-19(18)24(31)22(21(20)25)23(16-6-8-28-9-7-16)30-12-10-29(2)11-13-30;1-3-33-26(32)18-15-34-25-17-5-4-6-19(27)20(17)24(31)22(21(18)25)23(16-7-9-28-10-8-16)30-13-11-29(2)12-14-30;1-13-17(25(32)33)19-20(23(31)18-15(24(19)34-13)3-4-16(26)21(18)27)22(14-5-7-28-8-6-14)30-11-9-29(2)10-12-30/h4-9,14,23,32H,3,10-13H2,1-2H3;4-9,14-15,23,31H,3,10-13H2,1-2H3;4-10,15,23,31H,3,11-14H2,1-2H3;3-8,22,31H,9-12H2,1-2H3,(H,32,33). The molecular formula is C103H100Cl2F4N12O16. The summed E-state index contributed by atoms with van der Waals surface area (Å²) in [4.78, 5) is 85.4. The third kappa shape index (κ3) is 18.4. The van der Waals surface area contributed by atoms with Crippen LogP contribution < -0.4 is 0 Å². The minimum atomic E-state index is -1.18. The number of hydrogen-bond acceptors (Lipinski definition) is 27. The highest BCUT2D eigenvalue weighted by Crippen LogP contribution is 2.54. The summed E-state index contributed by atoms with van der Waals surface area (Å²) in [6.45, 7) is 19.6. The number of hydrogen-bond donors (Lipinski definition) is 5. The molecule has 4 saturated heterocycles. The highest BCUT2D eigenvalue weighted by Gasteiger charge is 2.41. The van der Waals surface area contributed by atoms with Crippen LogP contribution >= 0.6 is 23.2 Å². The number of aromatic hydroxyl groups is 4. The van der Waals surface area contributed by atoms with E-state index in [1.165, 1.54) is 49.1 Å². The van der Waals surface area contributed by atoms with Gasteiger partial charge in [0.05, 0.1) is 70.2 Å². The summed E-state index contributed by atoms with van der Waals surface area (Å²) in [5.41, 5.74) is 6.86. The molecule has 12 heterocycles. The summed E-state index contributed by atoms with van der Waals surface area (Å²) in [5.74, 6) is -6.11. The largest absolute Gasteiger partial charge is 0.507 e. The molecule has 4 atom stereocenters. The molecule has 0 bridgehead atoms. The number of ether oxygens (including phenoxy) is 3. The summed E-state index contributed by atoms with van der Waals surface area (Å²) in [6.07, 6.45) is 17.4. The van der Waals surface area contributed by atoms with E-state index in [0.717, 1.165) is 101 Å². The van der Waals surface area contributed by atoms with Crippen molar-refractivity contribution >= 4 is 134 Å². The number of rotatable bonds is 19. The number of phenols is 4. The minimum Gasteiger partial charge on any atom is -0.507 e. The van der Waals surface area contributed by atoms with Gasteiger partial charge in [-0.15, -0.1) is 0 Å². The monoisotopic (exact) mass is 1910 g/mol. The Bertz CT molecular complexity index is 7210. The van der Waals surface area contributed by atoms with Crippen LogP contribution in [0.2, 0.25) is 10.0 Å². The van der Waals surface area contributed by atoms with Gasteiger partial charge in [0.25, 0.3) is 0 Å². The number of aromatic nitrogens is 4. The zero-order valence-corrected chi connectivity index (χ0v) is 77.9. The molecule has 710 valence electrons. The summed E-state index contributed by atoms with van der Waals surface area (Å²) in [6, 6.07) is 27.6. The summed E-state index contributed by atoms with van der Waals surface area (Å²) in [5, 5.41) is 59.7. The van der Waals surface area contributed by atoms with Crippen LogP contribution in [0.3, 0.4) is 0 Å². The molecule has 8 aromatic carbocycles. The molecule has 0 saturated carbocycles. The maximum Gasteiger partial charge on any atom is 0.342 e. The van der Waals surface area contributed by atoms with Gasteiger partial charge in [0.2, 0.25) is 0 Å². The second-order valence-corrected chi connectivity index (χ2v) is 35.1. The van der Waals surface area contributed by atoms with Gasteiger partial charge >= 0.3 is 23.9 Å². The van der Waals surface area contributed by atoms with Crippen molar-refractivity contribution in [2.75, 3.05) is 153 Å². The third-order valence-electron chi connectivity index (χ3n) is 26.2. The zero-order valence-electron chi connectivity index (χ0n) is 76.3. The number of likely N-dealkylation sites (N-methyl/N-ethyl adjacent to an activating group) is 4. The van der Waals surface area contributed by atoms with E-state index in [-0.39, 0.29) is 119 Å². The van der Waals surface area contributed by atoms with Gasteiger partial charge < -0.3 is 77.0 Å². The van der Waals surface area contributed by atoms with Crippen LogP contribution in [-0.4, -0.2) is 261 Å². The van der Waals surface area contributed by atoms with Crippen LogP contribution in [0, 0.1) is 30.2 Å². The van der Waals surface area contributed by atoms with Gasteiger partial charge in [-0.25, -0.2) is 36.7 Å². The molecule has 34 heteroatoms. The van der Waals surface area contributed by atoms with Crippen molar-refractivity contribution in [1.82, 2.24) is 59.1 Å². The van der Waals surface area contributed by atoms with Crippen molar-refractivity contribution in [2.45, 2.75) is 51.9 Å². The van der Waals surface area contributed by atoms with Gasteiger partial charge in [0.15, 0.2) is 11.6 Å². The number of furan rings is 4. The van der Waals surface area contributed by atoms with Gasteiger partial charge in [0, 0.05) is 225 Å². The highest BCUT2D eigenvalue weighted by atomic mass is 35.5. The average Bonchev–Trinajstić information content (AvgIpc) is 1.62. The van der Waals surface area contributed by atoms with Crippen molar-refractivity contribution in [2.24, 2.45) is 0 Å². The number of fused-ring (bicyclic) bond motifs is 12. The molecule has 5 N–H and O–H groups in total. The van der Waals surface area contributed by atoms with Crippen LogP contribution in [0.25, 0.3) is 87.0 Å². The van der Waals surface area contributed by atoms with Gasteiger partial charge in [-0.1, -0.05) is 35.3 Å². The smallest absolute Gasteiger partial charge is 0.342 e. The lowest BCUT2D eigenvalue weighted by Gasteiger charge is -2.39. The first-order valence-electron chi connectivity index (χ1n) is 45.0. The number of carboxylic acids is 1. The molecule has 4 fully saturated rings. The Morgan fingerprint density at radius 3 is 1.03 bits per heavy atom. The molecule has 4 aliphatic rings. The first-order chi connectivity index (χ1) is 66.2. The summed E-state index contributed by atoms with van der Waals surface area (Å²) in [7, 11) is 8.22. The van der Waals surface area contributed by atoms with E-state index in [1.807, 2.05) is 55.6 Å². The molecule has 20 rings (SSSR count). The Labute approximate surface area is 793 Å². The third-order valence-corrected chi connectivity index (χ3v) is 26.8. The maximum absolute atomic E-state index is 15.4. The number of piperazine rings is 4. The average molecular weight is 1910 g/mol. The number of esters is 3. The summed E-state index contributed by atoms with van der Waals surface area (Å²) < 4.78 is 99.4. The van der Waals surface area contributed by atoms with E-state index in [0.29, 0.717) is 97.3 Å². The predicted molar refractivity (Wildman–Crippen MR) is 512 cm³/mol. The van der Waals surface area contributed by atoms with Crippen molar-refractivity contribution < 1.29 is 94.2 Å². The number of nitrogens with zero attached hydrogens (tertiary/aromatic N) is 12. The molecule has 4 unspecified atom stereocenters. The molecule has 0 aliphatic carbocycles. The fraction of sp³-hybridized carbons (Fsp3) is 0.301. The van der Waals surface area contributed by atoms with E-state index < -0.39 is 71.3 Å². The van der Waals surface area contributed by atoms with Crippen LogP contribution in [0.4, 0.5) is 17.6 Å². The van der Waals surface area contributed by atoms with E-state index >= 15 is 13.2 Å². The molecule has 4 aliphatic heterocycles. The van der Waals surface area contributed by atoms with Crippen LogP contribution in [0.1, 0.15) is 137 Å². The Morgan fingerprint density at radius 2 is 0.686 bits per heavy atom. The van der Waals surface area contributed by atoms with Crippen molar-refractivity contribution in [3.8, 4) is 23.0 Å². The number of carbonyl (C=O) groups excluding carboxylic acids is 3. The van der Waals surface area contributed by atoms with E-state index in [4.69, 9.17) is 55.1 Å². The van der Waals surface area contributed by atoms with E-state index in [2.05, 4.69) is 80.3 Å². The second-order valence-electron chi connectivity index (χ2n) is 34.3. The van der Waals surface area contributed by atoms with Crippen LogP contribution in [0.15, 0.2) is 195 Å². The molecule has 28 nitrogen and oxygen atoms in total. The molecule has 8 aromatic heterocycles. The number of carbonyl (C=O) groups is 4. The Balaban J connectivity index is 0.000000127. The molecular weight excluding hydrogens is 1810 g/mol. The lowest BCUT2D eigenvalue weighted by molar-refractivity contribution is 0.0517. The van der Waals surface area contributed by atoms with Crippen LogP contribution in [0.5, 0.6) is 23.0 Å². The first kappa shape index (κ1) is 95.3.